The van der Waals surface area contributed by atoms with Crippen LogP contribution in [-0.4, -0.2) is 39.6 Å². The molecule has 1 aromatic carbocycles. The van der Waals surface area contributed by atoms with Crippen molar-refractivity contribution < 1.29 is 9.53 Å². The Morgan fingerprint density at radius 1 is 1.16 bits per heavy atom. The van der Waals surface area contributed by atoms with E-state index >= 15 is 0 Å². The molecule has 0 N–H and O–H groups in total. The van der Waals surface area contributed by atoms with Gasteiger partial charge in [0.15, 0.2) is 11.4 Å². The van der Waals surface area contributed by atoms with Crippen molar-refractivity contribution in [2.24, 2.45) is 0 Å². The average Bonchev–Trinajstić information content (AvgIpc) is 3.05. The number of ether oxygens (including phenoxy) is 1. The van der Waals surface area contributed by atoms with Crippen LogP contribution < -0.4 is 4.90 Å². The van der Waals surface area contributed by atoms with E-state index in [0.29, 0.717) is 11.3 Å². The van der Waals surface area contributed by atoms with Crippen molar-refractivity contribution in [3.05, 3.63) is 59.9 Å². The summed E-state index contributed by atoms with van der Waals surface area (Å²) in [5.74, 6) is 0.777. The fourth-order valence-corrected chi connectivity index (χ4v) is 3.26. The van der Waals surface area contributed by atoms with E-state index in [0.717, 1.165) is 24.5 Å². The molecule has 1 fully saturated rings. The molecule has 0 saturated carbocycles. The Hall–Kier alpha value is -2.73. The zero-order valence-corrected chi connectivity index (χ0v) is 14.3. The first-order valence-electron chi connectivity index (χ1n) is 8.43. The predicted octanol–water partition coefficient (Wildman–Crippen LogP) is 2.90. The molecule has 3 aromatic rings. The minimum Gasteiger partial charge on any atom is -0.367 e. The fraction of sp³-hybridized carbons (Fsp3) is 0.316. The first-order chi connectivity index (χ1) is 12.1. The van der Waals surface area contributed by atoms with Crippen LogP contribution in [0.25, 0.3) is 5.65 Å². The molecular formula is C19H20N4O2. The van der Waals surface area contributed by atoms with Crippen LogP contribution in [0, 0.1) is 0 Å². The fourth-order valence-electron chi connectivity index (χ4n) is 3.26. The number of imidazole rings is 1. The van der Waals surface area contributed by atoms with Crippen LogP contribution >= 0.6 is 0 Å². The molecule has 4 rings (SSSR count). The number of rotatable bonds is 3. The number of morpholine rings is 1. The molecule has 0 radical (unpaired) electrons. The van der Waals surface area contributed by atoms with E-state index in [1.54, 1.807) is 10.7 Å². The molecule has 6 heteroatoms. The normalized spacial score (nSPS) is 20.8. The Morgan fingerprint density at radius 2 is 1.96 bits per heavy atom. The van der Waals surface area contributed by atoms with E-state index in [1.807, 2.05) is 30.3 Å². The van der Waals surface area contributed by atoms with Gasteiger partial charge in [0.1, 0.15) is 17.6 Å². The third-order valence-electron chi connectivity index (χ3n) is 4.46. The highest BCUT2D eigenvalue weighted by Gasteiger charge is 2.27. The SMILES string of the molecule is CC(=O)c1cnc2ccc(N3C[C@@H](C)O[C@@H](c4ccccc4)C3)nn12. The summed E-state index contributed by atoms with van der Waals surface area (Å²) in [5, 5.41) is 4.65. The molecule has 1 aliphatic rings. The number of benzene rings is 1. The molecule has 2 aromatic heterocycles. The van der Waals surface area contributed by atoms with Crippen molar-refractivity contribution in [1.29, 1.82) is 0 Å². The molecule has 128 valence electrons. The number of ketones is 1. The van der Waals surface area contributed by atoms with Crippen LogP contribution in [0.5, 0.6) is 0 Å². The first-order valence-corrected chi connectivity index (χ1v) is 8.43. The van der Waals surface area contributed by atoms with Crippen molar-refractivity contribution in [3.63, 3.8) is 0 Å². The number of fused-ring (bicyclic) bond motifs is 1. The van der Waals surface area contributed by atoms with Gasteiger partial charge in [0.05, 0.1) is 12.3 Å². The summed E-state index contributed by atoms with van der Waals surface area (Å²) in [6.45, 7) is 5.07. The van der Waals surface area contributed by atoms with Crippen LogP contribution in [0.2, 0.25) is 0 Å². The minimum absolute atomic E-state index is 0.00230. The number of anilines is 1. The van der Waals surface area contributed by atoms with Gasteiger partial charge in [0.25, 0.3) is 0 Å². The second-order valence-corrected chi connectivity index (χ2v) is 6.41. The van der Waals surface area contributed by atoms with E-state index in [4.69, 9.17) is 4.74 Å². The van der Waals surface area contributed by atoms with E-state index in [9.17, 15) is 4.79 Å². The van der Waals surface area contributed by atoms with Gasteiger partial charge in [0.2, 0.25) is 0 Å². The largest absolute Gasteiger partial charge is 0.367 e. The number of carbonyl (C=O) groups excluding carboxylic acids is 1. The lowest BCUT2D eigenvalue weighted by Gasteiger charge is -2.37. The van der Waals surface area contributed by atoms with Gasteiger partial charge in [-0.15, -0.1) is 5.10 Å². The molecule has 2 atom stereocenters. The quantitative estimate of drug-likeness (QED) is 0.688. The molecule has 0 aliphatic carbocycles. The lowest BCUT2D eigenvalue weighted by atomic mass is 10.1. The van der Waals surface area contributed by atoms with E-state index in [1.165, 1.54) is 6.92 Å². The molecule has 0 spiro atoms. The molecule has 25 heavy (non-hydrogen) atoms. The maximum Gasteiger partial charge on any atom is 0.179 e. The Bertz CT molecular complexity index is 906. The summed E-state index contributed by atoms with van der Waals surface area (Å²) >= 11 is 0. The Kier molecular flexibility index (Phi) is 3.97. The molecule has 1 saturated heterocycles. The third-order valence-corrected chi connectivity index (χ3v) is 4.46. The smallest absolute Gasteiger partial charge is 0.179 e. The van der Waals surface area contributed by atoms with Gasteiger partial charge in [-0.2, -0.15) is 0 Å². The van der Waals surface area contributed by atoms with Gasteiger partial charge in [-0.05, 0) is 24.6 Å². The van der Waals surface area contributed by atoms with Gasteiger partial charge in [0, 0.05) is 20.0 Å². The summed E-state index contributed by atoms with van der Waals surface area (Å²) in [6.07, 6.45) is 1.66. The molecule has 0 bridgehead atoms. The molecule has 3 heterocycles. The summed E-state index contributed by atoms with van der Waals surface area (Å²) < 4.78 is 7.74. The van der Waals surface area contributed by atoms with Crippen molar-refractivity contribution in [2.75, 3.05) is 18.0 Å². The molecule has 0 unspecified atom stereocenters. The van der Waals surface area contributed by atoms with Crippen molar-refractivity contribution in [1.82, 2.24) is 14.6 Å². The van der Waals surface area contributed by atoms with Crippen LogP contribution in [-0.2, 0) is 4.74 Å². The number of carbonyl (C=O) groups is 1. The monoisotopic (exact) mass is 336 g/mol. The molecule has 0 amide bonds. The number of aromatic nitrogens is 3. The highest BCUT2D eigenvalue weighted by Crippen LogP contribution is 2.27. The highest BCUT2D eigenvalue weighted by atomic mass is 16.5. The highest BCUT2D eigenvalue weighted by molar-refractivity contribution is 5.92. The summed E-state index contributed by atoms with van der Waals surface area (Å²) in [7, 11) is 0. The average molecular weight is 336 g/mol. The van der Waals surface area contributed by atoms with Crippen LogP contribution in [0.4, 0.5) is 5.82 Å². The van der Waals surface area contributed by atoms with E-state index in [2.05, 4.69) is 34.0 Å². The number of nitrogens with zero attached hydrogens (tertiary/aromatic N) is 4. The zero-order valence-electron chi connectivity index (χ0n) is 14.3. The summed E-state index contributed by atoms with van der Waals surface area (Å²) in [6, 6.07) is 14.1. The van der Waals surface area contributed by atoms with Gasteiger partial charge >= 0.3 is 0 Å². The first kappa shape index (κ1) is 15.8. The molecule has 6 nitrogen and oxygen atoms in total. The zero-order chi connectivity index (χ0) is 17.4. The van der Waals surface area contributed by atoms with Crippen molar-refractivity contribution >= 4 is 17.2 Å². The van der Waals surface area contributed by atoms with Gasteiger partial charge < -0.3 is 9.64 Å². The predicted molar refractivity (Wildman–Crippen MR) is 94.9 cm³/mol. The second kappa shape index (κ2) is 6.29. The Balaban J connectivity index is 1.67. The van der Waals surface area contributed by atoms with Crippen LogP contribution in [0.3, 0.4) is 0 Å². The lowest BCUT2D eigenvalue weighted by Crippen LogP contribution is -2.43. The minimum atomic E-state index is -0.0466. The molecule has 1 aliphatic heterocycles. The number of hydrogen-bond donors (Lipinski definition) is 0. The summed E-state index contributed by atoms with van der Waals surface area (Å²) in [4.78, 5) is 18.2. The van der Waals surface area contributed by atoms with Crippen LogP contribution in [0.1, 0.15) is 36.0 Å². The number of hydrogen-bond acceptors (Lipinski definition) is 5. The molecular weight excluding hydrogens is 316 g/mol. The number of Topliss-reactive ketones (excluding diaryl/α,β-unsaturated/α-hetero) is 1. The third kappa shape index (κ3) is 3.00. The lowest BCUT2D eigenvalue weighted by molar-refractivity contribution is -0.0176. The van der Waals surface area contributed by atoms with Crippen molar-refractivity contribution in [3.8, 4) is 0 Å². The Morgan fingerprint density at radius 3 is 2.72 bits per heavy atom. The standard InChI is InChI=1S/C19H20N4O2/c1-13-11-22(12-17(25-13)15-6-4-3-5-7-15)19-9-8-18-20-10-16(14(2)24)23(18)21-19/h3-10,13,17H,11-12H2,1-2H3/t13-,17-/m1/s1. The van der Waals surface area contributed by atoms with Crippen LogP contribution in [0.15, 0.2) is 48.7 Å². The van der Waals surface area contributed by atoms with Crippen molar-refractivity contribution in [2.45, 2.75) is 26.1 Å². The van der Waals surface area contributed by atoms with Gasteiger partial charge in [-0.25, -0.2) is 9.50 Å². The second-order valence-electron chi connectivity index (χ2n) is 6.41. The summed E-state index contributed by atoms with van der Waals surface area (Å²) in [5.41, 5.74) is 2.33. The maximum atomic E-state index is 11.8. The maximum absolute atomic E-state index is 11.8. The topological polar surface area (TPSA) is 59.7 Å². The van der Waals surface area contributed by atoms with E-state index < -0.39 is 0 Å². The van der Waals surface area contributed by atoms with Gasteiger partial charge in [-0.3, -0.25) is 4.79 Å². The Labute approximate surface area is 146 Å². The van der Waals surface area contributed by atoms with E-state index in [-0.39, 0.29) is 18.0 Å². The van der Waals surface area contributed by atoms with Gasteiger partial charge in [-0.1, -0.05) is 30.3 Å².